The highest BCUT2D eigenvalue weighted by Gasteiger charge is 2.06. The number of pyridine rings is 1. The smallest absolute Gasteiger partial charge is 0.191 e. The Balaban J connectivity index is 1.47. The molecule has 142 valence electrons. The maximum absolute atomic E-state index is 13.5. The minimum Gasteiger partial charge on any atom is -0.489 e. The van der Waals surface area contributed by atoms with E-state index in [2.05, 4.69) is 20.6 Å². The van der Waals surface area contributed by atoms with Crippen molar-refractivity contribution >= 4 is 11.6 Å². The number of imidazole rings is 1. The van der Waals surface area contributed by atoms with Crippen LogP contribution in [0, 0.1) is 18.6 Å². The summed E-state index contributed by atoms with van der Waals surface area (Å²) in [5, 5.41) is 6.24. The van der Waals surface area contributed by atoms with Crippen LogP contribution in [0.2, 0.25) is 0 Å². The SMILES string of the molecule is CN=C(NCCOc1ccc(F)cc1F)NCc1cn2c(C)cccc2n1. The second kappa shape index (κ2) is 8.48. The average Bonchev–Trinajstić information content (AvgIpc) is 3.07. The van der Waals surface area contributed by atoms with Gasteiger partial charge in [-0.05, 0) is 31.2 Å². The summed E-state index contributed by atoms with van der Waals surface area (Å²) in [6, 6.07) is 9.16. The molecule has 1 aromatic carbocycles. The van der Waals surface area contributed by atoms with Crippen molar-refractivity contribution in [1.82, 2.24) is 20.0 Å². The number of aryl methyl sites for hydroxylation is 1. The second-order valence-electron chi connectivity index (χ2n) is 5.90. The topological polar surface area (TPSA) is 63.0 Å². The first-order valence-electron chi connectivity index (χ1n) is 8.53. The predicted molar refractivity (Wildman–Crippen MR) is 100.0 cm³/mol. The van der Waals surface area contributed by atoms with E-state index in [1.54, 1.807) is 7.05 Å². The molecule has 3 rings (SSSR count). The van der Waals surface area contributed by atoms with E-state index in [4.69, 9.17) is 4.74 Å². The fraction of sp³-hybridized carbons (Fsp3) is 0.263. The van der Waals surface area contributed by atoms with Crippen molar-refractivity contribution in [2.24, 2.45) is 4.99 Å². The van der Waals surface area contributed by atoms with Gasteiger partial charge in [0.25, 0.3) is 0 Å². The molecule has 8 heteroatoms. The summed E-state index contributed by atoms with van der Waals surface area (Å²) < 4.78 is 33.7. The number of nitrogens with one attached hydrogen (secondary N) is 2. The van der Waals surface area contributed by atoms with E-state index in [0.717, 1.165) is 29.2 Å². The Kier molecular flexibility index (Phi) is 5.85. The molecule has 2 N–H and O–H groups in total. The van der Waals surface area contributed by atoms with Crippen LogP contribution >= 0.6 is 0 Å². The predicted octanol–water partition coefficient (Wildman–Crippen LogP) is 2.66. The minimum atomic E-state index is -0.723. The van der Waals surface area contributed by atoms with E-state index in [1.807, 2.05) is 35.7 Å². The van der Waals surface area contributed by atoms with Gasteiger partial charge in [0, 0.05) is 25.0 Å². The molecule has 0 fully saturated rings. The summed E-state index contributed by atoms with van der Waals surface area (Å²) in [5.74, 6) is -0.766. The first-order valence-corrected chi connectivity index (χ1v) is 8.53. The zero-order chi connectivity index (χ0) is 19.2. The summed E-state index contributed by atoms with van der Waals surface area (Å²) in [6.07, 6.45) is 1.98. The number of guanidine groups is 1. The van der Waals surface area contributed by atoms with Crippen molar-refractivity contribution in [3.05, 3.63) is 65.6 Å². The molecule has 3 aromatic rings. The molecule has 0 saturated carbocycles. The van der Waals surface area contributed by atoms with Gasteiger partial charge in [-0.1, -0.05) is 6.07 Å². The molecule has 6 nitrogen and oxygen atoms in total. The molecule has 0 aliphatic carbocycles. The number of rotatable bonds is 6. The van der Waals surface area contributed by atoms with Crippen LogP contribution < -0.4 is 15.4 Å². The van der Waals surface area contributed by atoms with E-state index in [1.165, 1.54) is 6.07 Å². The molecule has 0 atom stereocenters. The molecular formula is C19H21F2N5O. The summed E-state index contributed by atoms with van der Waals surface area (Å²) in [6.45, 7) is 3.14. The van der Waals surface area contributed by atoms with Gasteiger partial charge in [-0.2, -0.15) is 0 Å². The first-order chi connectivity index (χ1) is 13.1. The number of halogens is 2. The van der Waals surface area contributed by atoms with Crippen LogP contribution in [-0.2, 0) is 6.54 Å². The van der Waals surface area contributed by atoms with Crippen LogP contribution in [0.25, 0.3) is 5.65 Å². The van der Waals surface area contributed by atoms with E-state index >= 15 is 0 Å². The lowest BCUT2D eigenvalue weighted by atomic mass is 10.3. The third kappa shape index (κ3) is 4.72. The maximum Gasteiger partial charge on any atom is 0.191 e. The summed E-state index contributed by atoms with van der Waals surface area (Å²) in [7, 11) is 1.66. The largest absolute Gasteiger partial charge is 0.489 e. The molecule has 0 amide bonds. The lowest BCUT2D eigenvalue weighted by molar-refractivity contribution is 0.304. The number of ether oxygens (including phenoxy) is 1. The van der Waals surface area contributed by atoms with Crippen LogP contribution in [-0.4, -0.2) is 35.5 Å². The number of aliphatic imine (C=N–C) groups is 1. The molecule has 0 unspecified atom stereocenters. The number of nitrogens with zero attached hydrogens (tertiary/aromatic N) is 3. The number of aromatic nitrogens is 2. The standard InChI is InChI=1S/C19H21F2N5O/c1-13-4-3-5-18-25-15(12-26(13)18)11-24-19(22-2)23-8-9-27-17-7-6-14(20)10-16(17)21/h3-7,10,12H,8-9,11H2,1-2H3,(H2,22,23,24). The molecule has 2 aromatic heterocycles. The molecule has 0 bridgehead atoms. The van der Waals surface area contributed by atoms with Gasteiger partial charge in [-0.25, -0.2) is 13.8 Å². The molecular weight excluding hydrogens is 352 g/mol. The van der Waals surface area contributed by atoms with Crippen molar-refractivity contribution in [2.75, 3.05) is 20.2 Å². The molecule has 0 saturated heterocycles. The number of hydrogen-bond acceptors (Lipinski definition) is 3. The molecule has 0 radical (unpaired) electrons. The zero-order valence-corrected chi connectivity index (χ0v) is 15.2. The highest BCUT2D eigenvalue weighted by Crippen LogP contribution is 2.17. The third-order valence-corrected chi connectivity index (χ3v) is 3.95. The highest BCUT2D eigenvalue weighted by atomic mass is 19.1. The van der Waals surface area contributed by atoms with Gasteiger partial charge in [0.2, 0.25) is 0 Å². The van der Waals surface area contributed by atoms with Gasteiger partial charge in [-0.15, -0.1) is 0 Å². The normalized spacial score (nSPS) is 11.6. The van der Waals surface area contributed by atoms with Gasteiger partial charge in [0.05, 0.1) is 18.8 Å². The van der Waals surface area contributed by atoms with Crippen LogP contribution in [0.15, 0.2) is 47.6 Å². The molecule has 27 heavy (non-hydrogen) atoms. The Morgan fingerprint density at radius 3 is 2.81 bits per heavy atom. The Hall–Kier alpha value is -3.16. The van der Waals surface area contributed by atoms with Crippen molar-refractivity contribution in [1.29, 1.82) is 0 Å². The minimum absolute atomic E-state index is 0.0150. The number of hydrogen-bond donors (Lipinski definition) is 2. The number of benzene rings is 1. The second-order valence-corrected chi connectivity index (χ2v) is 5.90. The Morgan fingerprint density at radius 1 is 1.22 bits per heavy atom. The average molecular weight is 373 g/mol. The summed E-state index contributed by atoms with van der Waals surface area (Å²) in [5.41, 5.74) is 2.89. The van der Waals surface area contributed by atoms with Crippen LogP contribution in [0.3, 0.4) is 0 Å². The van der Waals surface area contributed by atoms with Crippen molar-refractivity contribution in [3.63, 3.8) is 0 Å². The van der Waals surface area contributed by atoms with Crippen LogP contribution in [0.4, 0.5) is 8.78 Å². The van der Waals surface area contributed by atoms with E-state index in [9.17, 15) is 8.78 Å². The molecule has 0 aliphatic rings. The van der Waals surface area contributed by atoms with E-state index in [0.29, 0.717) is 19.0 Å². The van der Waals surface area contributed by atoms with Crippen LogP contribution in [0.5, 0.6) is 5.75 Å². The van der Waals surface area contributed by atoms with Gasteiger partial charge in [0.15, 0.2) is 17.5 Å². The third-order valence-electron chi connectivity index (χ3n) is 3.95. The lowest BCUT2D eigenvalue weighted by Gasteiger charge is -2.12. The molecule has 0 spiro atoms. The van der Waals surface area contributed by atoms with Crippen molar-refractivity contribution < 1.29 is 13.5 Å². The fourth-order valence-corrected chi connectivity index (χ4v) is 2.60. The Labute approximate surface area is 155 Å². The summed E-state index contributed by atoms with van der Waals surface area (Å²) in [4.78, 5) is 8.68. The zero-order valence-electron chi connectivity index (χ0n) is 15.2. The number of fused-ring (bicyclic) bond motifs is 1. The monoisotopic (exact) mass is 373 g/mol. The van der Waals surface area contributed by atoms with Gasteiger partial charge in [-0.3, -0.25) is 4.99 Å². The van der Waals surface area contributed by atoms with Gasteiger partial charge >= 0.3 is 0 Å². The lowest BCUT2D eigenvalue weighted by Crippen LogP contribution is -2.39. The van der Waals surface area contributed by atoms with E-state index in [-0.39, 0.29) is 12.4 Å². The fourth-order valence-electron chi connectivity index (χ4n) is 2.60. The van der Waals surface area contributed by atoms with E-state index < -0.39 is 11.6 Å². The quantitative estimate of drug-likeness (QED) is 0.396. The molecule has 2 heterocycles. The Morgan fingerprint density at radius 2 is 2.07 bits per heavy atom. The van der Waals surface area contributed by atoms with Gasteiger partial charge < -0.3 is 19.8 Å². The van der Waals surface area contributed by atoms with Gasteiger partial charge in [0.1, 0.15) is 18.1 Å². The first kappa shape index (κ1) is 18.6. The molecule has 0 aliphatic heterocycles. The maximum atomic E-state index is 13.5. The van der Waals surface area contributed by atoms with Crippen molar-refractivity contribution in [3.8, 4) is 5.75 Å². The highest BCUT2D eigenvalue weighted by molar-refractivity contribution is 5.79. The van der Waals surface area contributed by atoms with Crippen LogP contribution in [0.1, 0.15) is 11.4 Å². The van der Waals surface area contributed by atoms with Crippen molar-refractivity contribution in [2.45, 2.75) is 13.5 Å². The Bertz CT molecular complexity index is 954. The summed E-state index contributed by atoms with van der Waals surface area (Å²) >= 11 is 0.